The zero-order chi connectivity index (χ0) is 13.2. The first-order chi connectivity index (χ1) is 9.22. The molecule has 2 aromatic heterocycles. The predicted molar refractivity (Wildman–Crippen MR) is 71.4 cm³/mol. The van der Waals surface area contributed by atoms with E-state index in [0.29, 0.717) is 11.5 Å². The number of carboxylic acid groups (broad SMARTS) is 1. The van der Waals surface area contributed by atoms with E-state index in [1.165, 1.54) is 12.8 Å². The molecule has 1 fully saturated rings. The third-order valence-electron chi connectivity index (χ3n) is 3.70. The van der Waals surface area contributed by atoms with Crippen molar-refractivity contribution in [2.75, 3.05) is 13.1 Å². The number of pyridine rings is 1. The topological polar surface area (TPSA) is 66.6 Å². The monoisotopic (exact) mass is 259 g/mol. The van der Waals surface area contributed by atoms with Crippen LogP contribution in [0.4, 0.5) is 0 Å². The van der Waals surface area contributed by atoms with Crippen LogP contribution in [0, 0.1) is 5.92 Å². The van der Waals surface area contributed by atoms with Crippen molar-refractivity contribution in [2.45, 2.75) is 19.3 Å². The van der Waals surface area contributed by atoms with Crippen molar-refractivity contribution < 1.29 is 9.90 Å². The zero-order valence-electron chi connectivity index (χ0n) is 10.7. The maximum atomic E-state index is 10.9. The van der Waals surface area contributed by atoms with Gasteiger partial charge in [-0.25, -0.2) is 9.78 Å². The molecule has 0 bridgehead atoms. The van der Waals surface area contributed by atoms with Crippen LogP contribution < -0.4 is 5.32 Å². The Morgan fingerprint density at radius 1 is 1.37 bits per heavy atom. The smallest absolute Gasteiger partial charge is 0.337 e. The minimum atomic E-state index is -0.907. The van der Waals surface area contributed by atoms with Gasteiger partial charge in [-0.05, 0) is 50.4 Å². The first kappa shape index (κ1) is 12.2. The van der Waals surface area contributed by atoms with E-state index in [9.17, 15) is 4.79 Å². The summed E-state index contributed by atoms with van der Waals surface area (Å²) >= 11 is 0. The van der Waals surface area contributed by atoms with Crippen LogP contribution in [-0.4, -0.2) is 33.6 Å². The average Bonchev–Trinajstić information content (AvgIpc) is 2.80. The van der Waals surface area contributed by atoms with Gasteiger partial charge >= 0.3 is 5.97 Å². The fourth-order valence-electron chi connectivity index (χ4n) is 2.65. The molecule has 0 aliphatic carbocycles. The quantitative estimate of drug-likeness (QED) is 0.878. The molecule has 5 nitrogen and oxygen atoms in total. The number of imidazole rings is 1. The third-order valence-corrected chi connectivity index (χ3v) is 3.70. The second kappa shape index (κ2) is 5.01. The number of carbonyl (C=O) groups is 1. The van der Waals surface area contributed by atoms with Crippen LogP contribution in [0.2, 0.25) is 0 Å². The number of piperidine rings is 1. The number of hydrogen-bond donors (Lipinski definition) is 2. The first-order valence-corrected chi connectivity index (χ1v) is 6.64. The summed E-state index contributed by atoms with van der Waals surface area (Å²) in [5.41, 5.74) is 2.15. The van der Waals surface area contributed by atoms with E-state index in [1.54, 1.807) is 22.7 Å². The van der Waals surface area contributed by atoms with Crippen molar-refractivity contribution in [3.63, 3.8) is 0 Å². The SMILES string of the molecule is O=C(O)c1ccc2nc(CC3CCNCC3)cn2c1. The van der Waals surface area contributed by atoms with Gasteiger partial charge in [-0.1, -0.05) is 0 Å². The molecule has 0 atom stereocenters. The van der Waals surface area contributed by atoms with Crippen LogP contribution in [0.5, 0.6) is 0 Å². The highest BCUT2D eigenvalue weighted by Gasteiger charge is 2.15. The summed E-state index contributed by atoms with van der Waals surface area (Å²) in [6.07, 6.45) is 6.93. The van der Waals surface area contributed by atoms with Crippen LogP contribution in [-0.2, 0) is 6.42 Å². The lowest BCUT2D eigenvalue weighted by Gasteiger charge is -2.21. The summed E-state index contributed by atoms with van der Waals surface area (Å²) in [6, 6.07) is 3.36. The van der Waals surface area contributed by atoms with Crippen LogP contribution in [0.1, 0.15) is 28.9 Å². The first-order valence-electron chi connectivity index (χ1n) is 6.64. The lowest BCUT2D eigenvalue weighted by atomic mass is 9.93. The van der Waals surface area contributed by atoms with Gasteiger partial charge < -0.3 is 14.8 Å². The van der Waals surface area contributed by atoms with E-state index >= 15 is 0 Å². The average molecular weight is 259 g/mol. The number of nitrogens with zero attached hydrogens (tertiary/aromatic N) is 2. The van der Waals surface area contributed by atoms with E-state index in [1.807, 2.05) is 6.20 Å². The molecule has 3 heterocycles. The summed E-state index contributed by atoms with van der Waals surface area (Å²) < 4.78 is 1.81. The number of nitrogens with one attached hydrogen (secondary N) is 1. The maximum Gasteiger partial charge on any atom is 0.337 e. The van der Waals surface area contributed by atoms with E-state index in [0.717, 1.165) is 30.9 Å². The Balaban J connectivity index is 1.82. The van der Waals surface area contributed by atoms with Gasteiger partial charge in [0.15, 0.2) is 0 Å². The Labute approximate surface area is 111 Å². The molecule has 0 unspecified atom stereocenters. The molecule has 2 aromatic rings. The lowest BCUT2D eigenvalue weighted by Crippen LogP contribution is -2.28. The normalized spacial score (nSPS) is 16.8. The predicted octanol–water partition coefficient (Wildman–Crippen LogP) is 1.57. The Hall–Kier alpha value is -1.88. The minimum absolute atomic E-state index is 0.290. The van der Waals surface area contributed by atoms with E-state index < -0.39 is 5.97 Å². The van der Waals surface area contributed by atoms with E-state index in [-0.39, 0.29) is 0 Å². The fourth-order valence-corrected chi connectivity index (χ4v) is 2.65. The Morgan fingerprint density at radius 3 is 2.89 bits per heavy atom. The second-order valence-corrected chi connectivity index (χ2v) is 5.12. The molecule has 100 valence electrons. The molecule has 1 aliphatic heterocycles. The van der Waals surface area contributed by atoms with Crippen molar-refractivity contribution in [2.24, 2.45) is 5.92 Å². The number of carboxylic acids is 1. The second-order valence-electron chi connectivity index (χ2n) is 5.12. The fraction of sp³-hybridized carbons (Fsp3) is 0.429. The van der Waals surface area contributed by atoms with Gasteiger partial charge in [0, 0.05) is 12.4 Å². The summed E-state index contributed by atoms with van der Waals surface area (Å²) in [5, 5.41) is 12.3. The number of fused-ring (bicyclic) bond motifs is 1. The number of rotatable bonds is 3. The largest absolute Gasteiger partial charge is 0.478 e. The molecule has 5 heteroatoms. The molecule has 1 aliphatic rings. The third kappa shape index (κ3) is 2.61. The molecule has 2 N–H and O–H groups in total. The number of aromatic carboxylic acids is 1. The Bertz CT molecular complexity index is 600. The molecule has 0 amide bonds. The lowest BCUT2D eigenvalue weighted by molar-refractivity contribution is 0.0696. The Morgan fingerprint density at radius 2 is 2.16 bits per heavy atom. The van der Waals surface area contributed by atoms with E-state index in [4.69, 9.17) is 5.11 Å². The summed E-state index contributed by atoms with van der Waals surface area (Å²) in [5.74, 6) is -0.222. The van der Waals surface area contributed by atoms with E-state index in [2.05, 4.69) is 10.3 Å². The van der Waals surface area contributed by atoms with Crippen LogP contribution in [0.15, 0.2) is 24.5 Å². The molecule has 0 spiro atoms. The van der Waals surface area contributed by atoms with Gasteiger partial charge in [-0.2, -0.15) is 0 Å². The van der Waals surface area contributed by atoms with Gasteiger partial charge in [-0.3, -0.25) is 0 Å². The van der Waals surface area contributed by atoms with Gasteiger partial charge in [0.25, 0.3) is 0 Å². The van der Waals surface area contributed by atoms with Crippen molar-refractivity contribution in [3.05, 3.63) is 35.8 Å². The molecule has 1 saturated heterocycles. The molecular formula is C14H17N3O2. The number of aromatic nitrogens is 2. The van der Waals surface area contributed by atoms with Crippen molar-refractivity contribution in [3.8, 4) is 0 Å². The highest BCUT2D eigenvalue weighted by molar-refractivity contribution is 5.87. The molecule has 3 rings (SSSR count). The molecule has 0 aromatic carbocycles. The van der Waals surface area contributed by atoms with Crippen LogP contribution >= 0.6 is 0 Å². The van der Waals surface area contributed by atoms with Crippen molar-refractivity contribution >= 4 is 11.6 Å². The van der Waals surface area contributed by atoms with Crippen LogP contribution in [0.3, 0.4) is 0 Å². The molecule has 0 saturated carbocycles. The highest BCUT2D eigenvalue weighted by atomic mass is 16.4. The van der Waals surface area contributed by atoms with Gasteiger partial charge in [0.1, 0.15) is 5.65 Å². The molecule has 0 radical (unpaired) electrons. The Kier molecular flexibility index (Phi) is 3.21. The van der Waals surface area contributed by atoms with Gasteiger partial charge in [0.05, 0.1) is 11.3 Å². The van der Waals surface area contributed by atoms with Crippen LogP contribution in [0.25, 0.3) is 5.65 Å². The zero-order valence-corrected chi connectivity index (χ0v) is 10.7. The molecular weight excluding hydrogens is 242 g/mol. The summed E-state index contributed by atoms with van der Waals surface area (Å²) in [4.78, 5) is 15.5. The standard InChI is InChI=1S/C14H17N3O2/c18-14(19)11-1-2-13-16-12(9-17(13)8-11)7-10-3-5-15-6-4-10/h1-2,8-10,15H,3-7H2,(H,18,19). The number of hydrogen-bond acceptors (Lipinski definition) is 3. The van der Waals surface area contributed by atoms with Gasteiger partial charge in [0.2, 0.25) is 0 Å². The van der Waals surface area contributed by atoms with Gasteiger partial charge in [-0.15, -0.1) is 0 Å². The highest BCUT2D eigenvalue weighted by Crippen LogP contribution is 2.18. The molecule has 19 heavy (non-hydrogen) atoms. The van der Waals surface area contributed by atoms with Crippen molar-refractivity contribution in [1.82, 2.24) is 14.7 Å². The van der Waals surface area contributed by atoms with Crippen molar-refractivity contribution in [1.29, 1.82) is 0 Å². The minimum Gasteiger partial charge on any atom is -0.478 e. The summed E-state index contributed by atoms with van der Waals surface area (Å²) in [6.45, 7) is 2.17. The summed E-state index contributed by atoms with van der Waals surface area (Å²) in [7, 11) is 0. The maximum absolute atomic E-state index is 10.9.